The van der Waals surface area contributed by atoms with Crippen LogP contribution in [0.3, 0.4) is 0 Å². The molecule has 1 aliphatic heterocycles. The number of benzene rings is 2. The van der Waals surface area contributed by atoms with E-state index >= 15 is 0 Å². The minimum atomic E-state index is 0.357. The summed E-state index contributed by atoms with van der Waals surface area (Å²) in [5.74, 6) is 2.18. The van der Waals surface area contributed by atoms with Gasteiger partial charge in [-0.05, 0) is 48.9 Å². The number of rotatable bonds is 7. The quantitative estimate of drug-likeness (QED) is 0.445. The molecular formula is C22H25N7O2. The monoisotopic (exact) mass is 419 g/mol. The third-order valence-corrected chi connectivity index (χ3v) is 4.72. The number of aryl methyl sites for hydroxylation is 1. The summed E-state index contributed by atoms with van der Waals surface area (Å²) < 4.78 is 10.6. The molecule has 2 N–H and O–H groups in total. The molecule has 4 rings (SSSR count). The SMILES string of the molecule is COc1ccc(/C=N/Nc2nc(Nc3ccc(C)cc3)nc(N3CCOCC3)n2)cc1. The van der Waals surface area contributed by atoms with Gasteiger partial charge in [0.2, 0.25) is 17.8 Å². The van der Waals surface area contributed by atoms with Crippen LogP contribution in [-0.2, 0) is 4.74 Å². The standard InChI is InChI=1S/C22H25N7O2/c1-16-3-7-18(8-4-16)24-20-25-21(27-22(26-20)29-11-13-31-14-12-29)28-23-15-17-5-9-19(30-2)10-6-17/h3-10,15H,11-14H2,1-2H3,(H2,24,25,26,27,28)/b23-15+. The lowest BCUT2D eigenvalue weighted by atomic mass is 10.2. The van der Waals surface area contributed by atoms with Crippen LogP contribution in [0.15, 0.2) is 53.6 Å². The van der Waals surface area contributed by atoms with Crippen molar-refractivity contribution in [3.8, 4) is 5.75 Å². The molecule has 2 aromatic carbocycles. The number of hydrogen-bond donors (Lipinski definition) is 2. The van der Waals surface area contributed by atoms with Crippen LogP contribution in [0.4, 0.5) is 23.5 Å². The fraction of sp³-hybridized carbons (Fsp3) is 0.273. The second-order valence-electron chi connectivity index (χ2n) is 7.02. The lowest BCUT2D eigenvalue weighted by Gasteiger charge is -2.27. The molecule has 9 heteroatoms. The van der Waals surface area contributed by atoms with E-state index in [-0.39, 0.29) is 0 Å². The minimum Gasteiger partial charge on any atom is -0.497 e. The molecule has 0 atom stereocenters. The van der Waals surface area contributed by atoms with Crippen LogP contribution in [0.1, 0.15) is 11.1 Å². The molecule has 0 bridgehead atoms. The van der Waals surface area contributed by atoms with E-state index in [0.717, 1.165) is 30.1 Å². The lowest BCUT2D eigenvalue weighted by molar-refractivity contribution is 0.122. The van der Waals surface area contributed by atoms with Crippen molar-refractivity contribution in [1.82, 2.24) is 15.0 Å². The highest BCUT2D eigenvalue weighted by Gasteiger charge is 2.16. The number of methoxy groups -OCH3 is 1. The summed E-state index contributed by atoms with van der Waals surface area (Å²) in [6.45, 7) is 4.78. The summed E-state index contributed by atoms with van der Waals surface area (Å²) in [5.41, 5.74) is 5.93. The van der Waals surface area contributed by atoms with E-state index in [1.807, 2.05) is 55.5 Å². The fourth-order valence-corrected chi connectivity index (χ4v) is 3.00. The summed E-state index contributed by atoms with van der Waals surface area (Å²) in [4.78, 5) is 15.7. The molecule has 0 amide bonds. The van der Waals surface area contributed by atoms with Crippen LogP contribution in [0.25, 0.3) is 0 Å². The first kappa shape index (κ1) is 20.5. The van der Waals surface area contributed by atoms with Crippen LogP contribution < -0.4 is 20.4 Å². The first-order valence-electron chi connectivity index (χ1n) is 10.1. The Morgan fingerprint density at radius 1 is 0.968 bits per heavy atom. The van der Waals surface area contributed by atoms with Crippen molar-refractivity contribution in [2.75, 3.05) is 49.1 Å². The molecule has 2 heterocycles. The first-order chi connectivity index (χ1) is 15.2. The van der Waals surface area contributed by atoms with E-state index in [4.69, 9.17) is 9.47 Å². The van der Waals surface area contributed by atoms with Gasteiger partial charge < -0.3 is 19.7 Å². The van der Waals surface area contributed by atoms with E-state index in [9.17, 15) is 0 Å². The number of nitrogens with one attached hydrogen (secondary N) is 2. The molecule has 1 aromatic heterocycles. The van der Waals surface area contributed by atoms with Crippen molar-refractivity contribution in [2.24, 2.45) is 5.10 Å². The van der Waals surface area contributed by atoms with Crippen molar-refractivity contribution in [3.63, 3.8) is 0 Å². The molecule has 0 radical (unpaired) electrons. The zero-order valence-electron chi connectivity index (χ0n) is 17.6. The minimum absolute atomic E-state index is 0.357. The zero-order chi connectivity index (χ0) is 21.5. The topological polar surface area (TPSA) is 96.8 Å². The molecule has 1 fully saturated rings. The predicted octanol–water partition coefficient (Wildman–Crippen LogP) is 3.21. The second-order valence-corrected chi connectivity index (χ2v) is 7.02. The Morgan fingerprint density at radius 3 is 2.39 bits per heavy atom. The van der Waals surface area contributed by atoms with Gasteiger partial charge in [0.25, 0.3) is 0 Å². The van der Waals surface area contributed by atoms with Gasteiger partial charge in [0, 0.05) is 18.8 Å². The van der Waals surface area contributed by atoms with Crippen LogP contribution in [0.5, 0.6) is 5.75 Å². The second kappa shape index (κ2) is 9.86. The highest BCUT2D eigenvalue weighted by Crippen LogP contribution is 2.19. The van der Waals surface area contributed by atoms with Gasteiger partial charge >= 0.3 is 0 Å². The van der Waals surface area contributed by atoms with Gasteiger partial charge in [-0.25, -0.2) is 5.43 Å². The molecule has 0 saturated carbocycles. The Morgan fingerprint density at radius 2 is 1.68 bits per heavy atom. The van der Waals surface area contributed by atoms with Gasteiger partial charge in [-0.1, -0.05) is 17.7 Å². The Balaban J connectivity index is 1.54. The smallest absolute Gasteiger partial charge is 0.250 e. The maximum Gasteiger partial charge on any atom is 0.250 e. The Labute approximate surface area is 181 Å². The number of aromatic nitrogens is 3. The fourth-order valence-electron chi connectivity index (χ4n) is 3.00. The summed E-state index contributed by atoms with van der Waals surface area (Å²) in [7, 11) is 1.64. The Kier molecular flexibility index (Phi) is 6.53. The molecule has 0 spiro atoms. The van der Waals surface area contributed by atoms with E-state index < -0.39 is 0 Å². The number of morpholine rings is 1. The van der Waals surface area contributed by atoms with Gasteiger partial charge in [0.05, 0.1) is 26.5 Å². The molecular weight excluding hydrogens is 394 g/mol. The zero-order valence-corrected chi connectivity index (χ0v) is 17.6. The number of anilines is 4. The van der Waals surface area contributed by atoms with Crippen molar-refractivity contribution in [1.29, 1.82) is 0 Å². The van der Waals surface area contributed by atoms with Gasteiger partial charge in [-0.2, -0.15) is 20.1 Å². The molecule has 1 aliphatic rings. The summed E-state index contributed by atoms with van der Waals surface area (Å²) >= 11 is 0. The predicted molar refractivity (Wildman–Crippen MR) is 122 cm³/mol. The molecule has 9 nitrogen and oxygen atoms in total. The third kappa shape index (κ3) is 5.67. The number of hydrogen-bond acceptors (Lipinski definition) is 9. The van der Waals surface area contributed by atoms with E-state index in [1.165, 1.54) is 5.56 Å². The Hall–Kier alpha value is -3.72. The normalized spacial score (nSPS) is 13.9. The summed E-state index contributed by atoms with van der Waals surface area (Å²) in [6, 6.07) is 15.6. The third-order valence-electron chi connectivity index (χ3n) is 4.72. The van der Waals surface area contributed by atoms with Crippen LogP contribution in [0, 0.1) is 6.92 Å². The molecule has 3 aromatic rings. The van der Waals surface area contributed by atoms with Crippen molar-refractivity contribution >= 4 is 29.7 Å². The van der Waals surface area contributed by atoms with Crippen molar-refractivity contribution < 1.29 is 9.47 Å². The van der Waals surface area contributed by atoms with Crippen molar-refractivity contribution in [3.05, 3.63) is 59.7 Å². The highest BCUT2D eigenvalue weighted by atomic mass is 16.5. The molecule has 0 unspecified atom stereocenters. The van der Waals surface area contributed by atoms with Crippen molar-refractivity contribution in [2.45, 2.75) is 6.92 Å². The van der Waals surface area contributed by atoms with Gasteiger partial charge in [0.15, 0.2) is 0 Å². The Bertz CT molecular complexity index is 1020. The average molecular weight is 419 g/mol. The lowest BCUT2D eigenvalue weighted by Crippen LogP contribution is -2.37. The first-order valence-corrected chi connectivity index (χ1v) is 10.1. The average Bonchev–Trinajstić information content (AvgIpc) is 2.81. The maximum absolute atomic E-state index is 5.44. The summed E-state index contributed by atoms with van der Waals surface area (Å²) in [5, 5.41) is 7.52. The van der Waals surface area contributed by atoms with Gasteiger partial charge in [0.1, 0.15) is 5.75 Å². The van der Waals surface area contributed by atoms with E-state index in [2.05, 4.69) is 35.7 Å². The van der Waals surface area contributed by atoms with Crippen LogP contribution >= 0.6 is 0 Å². The van der Waals surface area contributed by atoms with Crippen LogP contribution in [0.2, 0.25) is 0 Å². The molecule has 1 saturated heterocycles. The van der Waals surface area contributed by atoms with Gasteiger partial charge in [-0.15, -0.1) is 0 Å². The largest absolute Gasteiger partial charge is 0.497 e. The number of ether oxygens (including phenoxy) is 2. The van der Waals surface area contributed by atoms with Gasteiger partial charge in [-0.3, -0.25) is 0 Å². The van der Waals surface area contributed by atoms with E-state index in [1.54, 1.807) is 13.3 Å². The number of nitrogens with zero attached hydrogens (tertiary/aromatic N) is 5. The maximum atomic E-state index is 5.44. The van der Waals surface area contributed by atoms with E-state index in [0.29, 0.717) is 31.1 Å². The summed E-state index contributed by atoms with van der Waals surface area (Å²) in [6.07, 6.45) is 1.70. The molecule has 31 heavy (non-hydrogen) atoms. The molecule has 0 aliphatic carbocycles. The molecule has 160 valence electrons. The highest BCUT2D eigenvalue weighted by molar-refractivity contribution is 5.80. The number of hydrazone groups is 1. The van der Waals surface area contributed by atoms with Crippen LogP contribution in [-0.4, -0.2) is 54.6 Å².